The minimum Gasteiger partial charge on any atom is -0.218 e. The Morgan fingerprint density at radius 3 is 2.12 bits per heavy atom. The normalized spacial score (nSPS) is 15.0. The lowest BCUT2D eigenvalue weighted by atomic mass is 9.95. The second-order valence-electron chi connectivity index (χ2n) is 6.30. The van der Waals surface area contributed by atoms with Gasteiger partial charge in [0.1, 0.15) is 4.91 Å². The molecule has 124 valence electrons. The van der Waals surface area contributed by atoms with Gasteiger partial charge in [0.15, 0.2) is 0 Å². The van der Waals surface area contributed by atoms with Crippen molar-refractivity contribution < 1.29 is 8.42 Å². The fraction of sp³-hybridized carbons (Fsp3) is 0.286. The van der Waals surface area contributed by atoms with Gasteiger partial charge in [0.05, 0.1) is 4.90 Å². The quantitative estimate of drug-likeness (QED) is 0.712. The van der Waals surface area contributed by atoms with E-state index in [4.69, 9.17) is 0 Å². The van der Waals surface area contributed by atoms with Crippen LogP contribution in [0.1, 0.15) is 43.2 Å². The van der Waals surface area contributed by atoms with Crippen molar-refractivity contribution in [1.29, 1.82) is 0 Å². The number of benzene rings is 2. The summed E-state index contributed by atoms with van der Waals surface area (Å²) in [4.78, 5) is 0.625. The molecule has 1 aliphatic rings. The average Bonchev–Trinajstić information content (AvgIpc) is 2.61. The van der Waals surface area contributed by atoms with Crippen LogP contribution in [0.4, 0.5) is 0 Å². The zero-order valence-corrected chi connectivity index (χ0v) is 14.8. The molecule has 0 aromatic heterocycles. The molecule has 0 N–H and O–H groups in total. The molecule has 1 fully saturated rings. The molecule has 0 saturated heterocycles. The van der Waals surface area contributed by atoms with Gasteiger partial charge in [-0.25, -0.2) is 8.42 Å². The van der Waals surface area contributed by atoms with Crippen molar-refractivity contribution in [2.75, 3.05) is 0 Å². The molecule has 1 aliphatic carbocycles. The SMILES string of the molecule is Cc1ccc(S(=O)(=O)C(=C=C2CCCCC2)c2ccccc2)cc1. The summed E-state index contributed by atoms with van der Waals surface area (Å²) in [5.41, 5.74) is 6.14. The molecule has 0 spiro atoms. The first-order valence-electron chi connectivity index (χ1n) is 8.43. The Kier molecular flexibility index (Phi) is 5.03. The summed E-state index contributed by atoms with van der Waals surface area (Å²) in [6.07, 6.45) is 5.35. The van der Waals surface area contributed by atoms with Crippen molar-refractivity contribution in [3.8, 4) is 0 Å². The molecule has 1 saturated carbocycles. The second kappa shape index (κ2) is 7.21. The van der Waals surface area contributed by atoms with Crippen molar-refractivity contribution in [2.45, 2.75) is 43.9 Å². The van der Waals surface area contributed by atoms with E-state index in [1.165, 1.54) is 6.42 Å². The summed E-state index contributed by atoms with van der Waals surface area (Å²) in [7, 11) is -3.59. The van der Waals surface area contributed by atoms with Gasteiger partial charge in [0.25, 0.3) is 0 Å². The molecule has 3 heteroatoms. The monoisotopic (exact) mass is 338 g/mol. The Hall–Kier alpha value is -2.09. The van der Waals surface area contributed by atoms with Gasteiger partial charge in [-0.05, 0) is 50.3 Å². The van der Waals surface area contributed by atoms with E-state index in [1.54, 1.807) is 12.1 Å². The van der Waals surface area contributed by atoms with Gasteiger partial charge in [-0.15, -0.1) is 5.73 Å². The third-order valence-corrected chi connectivity index (χ3v) is 6.15. The highest BCUT2D eigenvalue weighted by Crippen LogP contribution is 2.30. The second-order valence-corrected chi connectivity index (χ2v) is 8.19. The molecule has 0 atom stereocenters. The van der Waals surface area contributed by atoms with Gasteiger partial charge >= 0.3 is 0 Å². The number of aryl methyl sites for hydroxylation is 1. The molecule has 0 aliphatic heterocycles. The molecule has 0 radical (unpaired) electrons. The van der Waals surface area contributed by atoms with E-state index < -0.39 is 9.84 Å². The first kappa shape index (κ1) is 16.8. The minimum absolute atomic E-state index is 0.295. The van der Waals surface area contributed by atoms with Crippen LogP contribution in [0.3, 0.4) is 0 Å². The van der Waals surface area contributed by atoms with Crippen molar-refractivity contribution in [3.63, 3.8) is 0 Å². The topological polar surface area (TPSA) is 34.1 Å². The number of hydrogen-bond acceptors (Lipinski definition) is 2. The summed E-state index contributed by atoms with van der Waals surface area (Å²) >= 11 is 0. The first-order valence-corrected chi connectivity index (χ1v) is 9.91. The lowest BCUT2D eigenvalue weighted by Crippen LogP contribution is -2.04. The van der Waals surface area contributed by atoms with Gasteiger partial charge in [-0.1, -0.05) is 54.4 Å². The summed E-state index contributed by atoms with van der Waals surface area (Å²) in [5.74, 6) is 0. The molecule has 3 rings (SSSR count). The van der Waals surface area contributed by atoms with Gasteiger partial charge in [0.2, 0.25) is 9.84 Å². The van der Waals surface area contributed by atoms with Crippen molar-refractivity contribution >= 4 is 14.7 Å². The lowest BCUT2D eigenvalue weighted by Gasteiger charge is -2.13. The highest BCUT2D eigenvalue weighted by atomic mass is 32.2. The summed E-state index contributed by atoms with van der Waals surface area (Å²) in [6.45, 7) is 1.95. The fourth-order valence-corrected chi connectivity index (χ4v) is 4.44. The molecule has 2 aromatic rings. The molecule has 0 bridgehead atoms. The molecule has 24 heavy (non-hydrogen) atoms. The van der Waals surface area contributed by atoms with Crippen molar-refractivity contribution in [3.05, 3.63) is 77.0 Å². The molecule has 0 heterocycles. The van der Waals surface area contributed by atoms with E-state index in [0.717, 1.165) is 36.8 Å². The van der Waals surface area contributed by atoms with Crippen LogP contribution >= 0.6 is 0 Å². The van der Waals surface area contributed by atoms with E-state index in [9.17, 15) is 8.42 Å². The van der Waals surface area contributed by atoms with E-state index in [0.29, 0.717) is 15.4 Å². The summed E-state index contributed by atoms with van der Waals surface area (Å²) < 4.78 is 26.4. The predicted octanol–water partition coefficient (Wildman–Crippen LogP) is 5.30. The van der Waals surface area contributed by atoms with E-state index >= 15 is 0 Å². The van der Waals surface area contributed by atoms with Crippen LogP contribution in [0.2, 0.25) is 0 Å². The Labute approximate surface area is 144 Å². The number of hydrogen-bond donors (Lipinski definition) is 0. The van der Waals surface area contributed by atoms with Crippen LogP contribution in [0.15, 0.2) is 70.8 Å². The zero-order valence-electron chi connectivity index (χ0n) is 14.0. The standard InChI is InChI=1S/C21H22O2S/c1-17-12-14-20(15-13-17)24(22,23)21(19-10-6-3-7-11-19)16-18-8-4-2-5-9-18/h3,6-7,10-15H,2,4-5,8-9H2,1H3. The van der Waals surface area contributed by atoms with Gasteiger partial charge in [0, 0.05) is 5.56 Å². The molecule has 0 amide bonds. The smallest absolute Gasteiger partial charge is 0.214 e. The van der Waals surface area contributed by atoms with Crippen LogP contribution < -0.4 is 0 Å². The predicted molar refractivity (Wildman–Crippen MR) is 98.3 cm³/mol. The number of sulfone groups is 1. The largest absolute Gasteiger partial charge is 0.218 e. The van der Waals surface area contributed by atoms with Crippen LogP contribution in [-0.2, 0) is 9.84 Å². The molecule has 0 unspecified atom stereocenters. The van der Waals surface area contributed by atoms with Crippen molar-refractivity contribution in [1.82, 2.24) is 0 Å². The Bertz CT molecular complexity index is 861. The van der Waals surface area contributed by atoms with Crippen LogP contribution in [0.5, 0.6) is 0 Å². The molecule has 2 aromatic carbocycles. The lowest BCUT2D eigenvalue weighted by molar-refractivity contribution is 0.599. The van der Waals surface area contributed by atoms with Gasteiger partial charge < -0.3 is 0 Å². The maximum atomic E-state index is 13.2. The number of rotatable bonds is 3. The Morgan fingerprint density at radius 2 is 1.50 bits per heavy atom. The number of allylic oxidation sites excluding steroid dienone is 1. The molecule has 2 nitrogen and oxygen atoms in total. The van der Waals surface area contributed by atoms with E-state index in [1.807, 2.05) is 49.4 Å². The minimum atomic E-state index is -3.59. The highest BCUT2D eigenvalue weighted by Gasteiger charge is 2.22. The third-order valence-electron chi connectivity index (χ3n) is 4.38. The maximum absolute atomic E-state index is 13.2. The zero-order chi connectivity index (χ0) is 17.0. The third kappa shape index (κ3) is 3.69. The summed E-state index contributed by atoms with van der Waals surface area (Å²) in [6, 6.07) is 16.4. The average molecular weight is 338 g/mol. The van der Waals surface area contributed by atoms with Crippen LogP contribution in [-0.4, -0.2) is 8.42 Å². The molecular weight excluding hydrogens is 316 g/mol. The van der Waals surface area contributed by atoms with Crippen LogP contribution in [0.25, 0.3) is 4.91 Å². The van der Waals surface area contributed by atoms with E-state index in [-0.39, 0.29) is 0 Å². The van der Waals surface area contributed by atoms with Gasteiger partial charge in [-0.3, -0.25) is 0 Å². The highest BCUT2D eigenvalue weighted by molar-refractivity contribution is 8.00. The fourth-order valence-electron chi connectivity index (χ4n) is 2.98. The van der Waals surface area contributed by atoms with Gasteiger partial charge in [-0.2, -0.15) is 0 Å². The van der Waals surface area contributed by atoms with E-state index in [2.05, 4.69) is 5.73 Å². The first-order chi connectivity index (χ1) is 11.6. The summed E-state index contributed by atoms with van der Waals surface area (Å²) in [5, 5.41) is 0. The van der Waals surface area contributed by atoms with Crippen molar-refractivity contribution in [2.24, 2.45) is 0 Å². The molecular formula is C21H22O2S. The van der Waals surface area contributed by atoms with Crippen LogP contribution in [0, 0.1) is 6.92 Å². The Balaban J connectivity index is 2.18. The maximum Gasteiger partial charge on any atom is 0.214 e. The Morgan fingerprint density at radius 1 is 0.875 bits per heavy atom.